The van der Waals surface area contributed by atoms with Crippen LogP contribution in [0.4, 0.5) is 0 Å². The van der Waals surface area contributed by atoms with Gasteiger partial charge in [-0.05, 0) is 54.2 Å². The SMILES string of the molecule is Cc1ccc(CCC[C@@H](C)C(C)C)cc1C(C)C. The summed E-state index contributed by atoms with van der Waals surface area (Å²) in [4.78, 5) is 0. The van der Waals surface area contributed by atoms with E-state index in [-0.39, 0.29) is 0 Å². The van der Waals surface area contributed by atoms with Crippen LogP contribution in [0, 0.1) is 18.8 Å². The molecule has 0 fully saturated rings. The number of rotatable bonds is 6. The van der Waals surface area contributed by atoms with Gasteiger partial charge in [-0.3, -0.25) is 0 Å². The molecule has 0 aliphatic carbocycles. The summed E-state index contributed by atoms with van der Waals surface area (Å²) in [7, 11) is 0. The Labute approximate surface area is 114 Å². The van der Waals surface area contributed by atoms with E-state index in [2.05, 4.69) is 59.7 Å². The minimum Gasteiger partial charge on any atom is -0.0625 e. The van der Waals surface area contributed by atoms with Crippen molar-refractivity contribution >= 4 is 0 Å². The minimum absolute atomic E-state index is 0.638. The summed E-state index contributed by atoms with van der Waals surface area (Å²) in [5.74, 6) is 2.30. The molecule has 102 valence electrons. The molecule has 0 saturated heterocycles. The normalized spacial score (nSPS) is 13.3. The van der Waals surface area contributed by atoms with Crippen molar-refractivity contribution in [1.29, 1.82) is 0 Å². The average Bonchev–Trinajstić information content (AvgIpc) is 2.30. The lowest BCUT2D eigenvalue weighted by Crippen LogP contribution is -2.04. The maximum atomic E-state index is 2.42. The predicted molar refractivity (Wildman–Crippen MR) is 82.2 cm³/mol. The number of hydrogen-bond donors (Lipinski definition) is 0. The van der Waals surface area contributed by atoms with Crippen molar-refractivity contribution in [3.63, 3.8) is 0 Å². The van der Waals surface area contributed by atoms with Gasteiger partial charge in [0, 0.05) is 0 Å². The summed E-state index contributed by atoms with van der Waals surface area (Å²) in [6.07, 6.45) is 3.90. The second-order valence-corrected chi connectivity index (χ2v) is 6.46. The second kappa shape index (κ2) is 6.97. The van der Waals surface area contributed by atoms with E-state index in [4.69, 9.17) is 0 Å². The van der Waals surface area contributed by atoms with Crippen molar-refractivity contribution in [2.24, 2.45) is 11.8 Å². The van der Waals surface area contributed by atoms with Crippen molar-refractivity contribution in [2.45, 2.75) is 66.7 Å². The molecule has 0 spiro atoms. The highest BCUT2D eigenvalue weighted by Crippen LogP contribution is 2.22. The lowest BCUT2D eigenvalue weighted by molar-refractivity contribution is 0.382. The Hall–Kier alpha value is -0.780. The molecule has 1 aromatic rings. The van der Waals surface area contributed by atoms with Gasteiger partial charge in [-0.15, -0.1) is 0 Å². The zero-order valence-electron chi connectivity index (χ0n) is 13.1. The van der Waals surface area contributed by atoms with Crippen molar-refractivity contribution < 1.29 is 0 Å². The molecule has 0 aliphatic heterocycles. The fraction of sp³-hybridized carbons (Fsp3) is 0.667. The molecule has 1 atom stereocenters. The number of aryl methyl sites for hydroxylation is 2. The van der Waals surface area contributed by atoms with E-state index in [1.165, 1.54) is 36.0 Å². The Balaban J connectivity index is 2.55. The van der Waals surface area contributed by atoms with Crippen LogP contribution in [0.15, 0.2) is 18.2 Å². The van der Waals surface area contributed by atoms with Crippen LogP contribution in [-0.2, 0) is 6.42 Å². The molecule has 0 aromatic heterocycles. The standard InChI is InChI=1S/C18H30/c1-13(2)15(5)8-7-9-17-11-10-16(6)18(12-17)14(3)4/h10-15H,7-9H2,1-6H3/t15-/m1/s1. The molecule has 0 heterocycles. The lowest BCUT2D eigenvalue weighted by Gasteiger charge is -2.16. The molecule has 0 nitrogen and oxygen atoms in total. The van der Waals surface area contributed by atoms with Crippen molar-refractivity contribution in [2.75, 3.05) is 0 Å². The summed E-state index contributed by atoms with van der Waals surface area (Å²) >= 11 is 0. The van der Waals surface area contributed by atoms with E-state index in [1.54, 1.807) is 0 Å². The summed E-state index contributed by atoms with van der Waals surface area (Å²) in [6, 6.07) is 7.01. The first-order chi connectivity index (χ1) is 8.41. The molecule has 0 amide bonds. The van der Waals surface area contributed by atoms with E-state index in [1.807, 2.05) is 0 Å². The predicted octanol–water partition coefficient (Wildman–Crippen LogP) is 5.73. The van der Waals surface area contributed by atoms with Crippen molar-refractivity contribution in [3.05, 3.63) is 34.9 Å². The van der Waals surface area contributed by atoms with Crippen LogP contribution in [0.1, 0.15) is 70.1 Å². The van der Waals surface area contributed by atoms with E-state index < -0.39 is 0 Å². The third-order valence-corrected chi connectivity index (χ3v) is 4.23. The number of hydrogen-bond acceptors (Lipinski definition) is 0. The summed E-state index contributed by atoms with van der Waals surface area (Å²) in [5, 5.41) is 0. The topological polar surface area (TPSA) is 0 Å². The third-order valence-electron chi connectivity index (χ3n) is 4.23. The zero-order chi connectivity index (χ0) is 13.7. The summed E-state index contributed by atoms with van der Waals surface area (Å²) in [5.41, 5.74) is 4.47. The second-order valence-electron chi connectivity index (χ2n) is 6.46. The minimum atomic E-state index is 0.638. The van der Waals surface area contributed by atoms with Crippen LogP contribution < -0.4 is 0 Å². The molecular formula is C18H30. The molecule has 1 aromatic carbocycles. The van der Waals surface area contributed by atoms with Crippen LogP contribution in [-0.4, -0.2) is 0 Å². The average molecular weight is 246 g/mol. The Morgan fingerprint density at radius 3 is 2.22 bits per heavy atom. The van der Waals surface area contributed by atoms with E-state index in [0.717, 1.165) is 11.8 Å². The molecule has 0 radical (unpaired) electrons. The largest absolute Gasteiger partial charge is 0.0625 e. The Morgan fingerprint density at radius 2 is 1.67 bits per heavy atom. The highest BCUT2D eigenvalue weighted by atomic mass is 14.1. The van der Waals surface area contributed by atoms with Gasteiger partial charge in [-0.1, -0.05) is 59.2 Å². The van der Waals surface area contributed by atoms with Gasteiger partial charge in [0.1, 0.15) is 0 Å². The highest BCUT2D eigenvalue weighted by Gasteiger charge is 2.08. The Morgan fingerprint density at radius 1 is 1.00 bits per heavy atom. The van der Waals surface area contributed by atoms with Crippen LogP contribution >= 0.6 is 0 Å². The van der Waals surface area contributed by atoms with Gasteiger partial charge in [0.2, 0.25) is 0 Å². The number of benzene rings is 1. The van der Waals surface area contributed by atoms with Crippen LogP contribution in [0.25, 0.3) is 0 Å². The molecule has 0 bridgehead atoms. The van der Waals surface area contributed by atoms with Gasteiger partial charge < -0.3 is 0 Å². The maximum Gasteiger partial charge on any atom is -0.0216 e. The fourth-order valence-electron chi connectivity index (χ4n) is 2.43. The van der Waals surface area contributed by atoms with E-state index >= 15 is 0 Å². The Kier molecular flexibility index (Phi) is 5.91. The molecule has 18 heavy (non-hydrogen) atoms. The van der Waals surface area contributed by atoms with E-state index in [0.29, 0.717) is 5.92 Å². The van der Waals surface area contributed by atoms with Gasteiger partial charge in [-0.2, -0.15) is 0 Å². The monoisotopic (exact) mass is 246 g/mol. The van der Waals surface area contributed by atoms with Gasteiger partial charge in [-0.25, -0.2) is 0 Å². The molecule has 1 rings (SSSR count). The quantitative estimate of drug-likeness (QED) is 0.601. The third kappa shape index (κ3) is 4.48. The summed E-state index contributed by atoms with van der Waals surface area (Å²) in [6.45, 7) is 13.8. The smallest absolute Gasteiger partial charge is 0.0216 e. The van der Waals surface area contributed by atoms with Crippen molar-refractivity contribution in [3.8, 4) is 0 Å². The van der Waals surface area contributed by atoms with Crippen LogP contribution in [0.5, 0.6) is 0 Å². The zero-order valence-corrected chi connectivity index (χ0v) is 13.1. The molecule has 0 heteroatoms. The van der Waals surface area contributed by atoms with Crippen molar-refractivity contribution in [1.82, 2.24) is 0 Å². The first-order valence-corrected chi connectivity index (χ1v) is 7.51. The Bertz CT molecular complexity index is 360. The highest BCUT2D eigenvalue weighted by molar-refractivity contribution is 5.33. The van der Waals surface area contributed by atoms with Crippen LogP contribution in [0.2, 0.25) is 0 Å². The van der Waals surface area contributed by atoms with Gasteiger partial charge in [0.25, 0.3) is 0 Å². The summed E-state index contributed by atoms with van der Waals surface area (Å²) < 4.78 is 0. The first kappa shape index (κ1) is 15.3. The lowest BCUT2D eigenvalue weighted by atomic mass is 9.90. The molecule has 0 aliphatic rings. The molecule has 0 saturated carbocycles. The van der Waals surface area contributed by atoms with Crippen LogP contribution in [0.3, 0.4) is 0 Å². The fourth-order valence-corrected chi connectivity index (χ4v) is 2.43. The molecular weight excluding hydrogens is 216 g/mol. The molecule has 0 N–H and O–H groups in total. The first-order valence-electron chi connectivity index (χ1n) is 7.51. The van der Waals surface area contributed by atoms with Gasteiger partial charge >= 0.3 is 0 Å². The maximum absolute atomic E-state index is 2.42. The van der Waals surface area contributed by atoms with Gasteiger partial charge in [0.15, 0.2) is 0 Å². The van der Waals surface area contributed by atoms with Gasteiger partial charge in [0.05, 0.1) is 0 Å². The molecule has 0 unspecified atom stereocenters. The van der Waals surface area contributed by atoms with E-state index in [9.17, 15) is 0 Å².